The van der Waals surface area contributed by atoms with Gasteiger partial charge in [0.05, 0.1) is 4.34 Å². The number of hydrogen-bond donors (Lipinski definition) is 0. The van der Waals surface area contributed by atoms with Gasteiger partial charge < -0.3 is 0 Å². The summed E-state index contributed by atoms with van der Waals surface area (Å²) in [6.45, 7) is 3.75. The molecular weight excluding hydrogens is 152 g/mol. The van der Waals surface area contributed by atoms with Crippen molar-refractivity contribution in [2.24, 2.45) is 0 Å². The van der Waals surface area contributed by atoms with Gasteiger partial charge in [0.25, 0.3) is 0 Å². The summed E-state index contributed by atoms with van der Waals surface area (Å²) >= 11 is 7.33. The zero-order valence-corrected chi connectivity index (χ0v) is 6.63. The van der Waals surface area contributed by atoms with E-state index in [2.05, 4.69) is 13.0 Å². The molecule has 0 aromatic carbocycles. The normalized spacial score (nSPS) is 10.0. The smallest absolute Gasteiger partial charge is 0.0931 e. The quantitative estimate of drug-likeness (QED) is 0.622. The predicted molar refractivity (Wildman–Crippen MR) is 43.0 cm³/mol. The number of halogens is 1. The van der Waals surface area contributed by atoms with E-state index in [1.54, 1.807) is 11.3 Å². The molecule has 9 heavy (non-hydrogen) atoms. The third-order valence-electron chi connectivity index (χ3n) is 1.05. The average molecular weight is 160 g/mol. The summed E-state index contributed by atoms with van der Waals surface area (Å²) in [4.78, 5) is 1.33. The zero-order valence-electron chi connectivity index (χ0n) is 5.06. The highest BCUT2D eigenvalue weighted by Gasteiger charge is 1.93. The van der Waals surface area contributed by atoms with Crippen LogP contribution < -0.4 is 0 Å². The molecule has 0 N–H and O–H groups in total. The van der Waals surface area contributed by atoms with Crippen LogP contribution in [-0.4, -0.2) is 0 Å². The maximum atomic E-state index is 5.69. The van der Waals surface area contributed by atoms with E-state index in [4.69, 9.17) is 11.6 Å². The van der Waals surface area contributed by atoms with Crippen molar-refractivity contribution in [2.45, 2.75) is 12.8 Å². The van der Waals surface area contributed by atoms with Gasteiger partial charge in [-0.3, -0.25) is 0 Å². The summed E-state index contributed by atoms with van der Waals surface area (Å²) < 4.78 is 0.874. The van der Waals surface area contributed by atoms with E-state index in [9.17, 15) is 0 Å². The fraction of sp³-hybridized carbons (Fsp3) is 0.286. The van der Waals surface area contributed by atoms with Gasteiger partial charge in [0.15, 0.2) is 0 Å². The molecular formula is C7H8ClS. The Morgan fingerprint density at radius 1 is 1.56 bits per heavy atom. The highest BCUT2D eigenvalue weighted by Crippen LogP contribution is 2.21. The van der Waals surface area contributed by atoms with Crippen LogP contribution in [-0.2, 0) is 6.42 Å². The molecule has 0 saturated carbocycles. The standard InChI is InChI=1S/C7H8ClS/c1-2-3-6-4-5-7(8)9-6/h4-5H,1-3H2. The van der Waals surface area contributed by atoms with Crippen molar-refractivity contribution >= 4 is 22.9 Å². The maximum Gasteiger partial charge on any atom is 0.0931 e. The highest BCUT2D eigenvalue weighted by molar-refractivity contribution is 7.16. The van der Waals surface area contributed by atoms with Crippen LogP contribution in [0.2, 0.25) is 4.34 Å². The number of aryl methyl sites for hydroxylation is 1. The largest absolute Gasteiger partial charge is 0.128 e. The second-order valence-electron chi connectivity index (χ2n) is 1.81. The molecule has 1 rings (SSSR count). The van der Waals surface area contributed by atoms with Crippen LogP contribution in [0.3, 0.4) is 0 Å². The first-order valence-electron chi connectivity index (χ1n) is 2.86. The van der Waals surface area contributed by atoms with E-state index < -0.39 is 0 Å². The molecule has 0 saturated heterocycles. The topological polar surface area (TPSA) is 0 Å². The second-order valence-corrected chi connectivity index (χ2v) is 3.61. The molecule has 1 radical (unpaired) electrons. The van der Waals surface area contributed by atoms with E-state index >= 15 is 0 Å². The van der Waals surface area contributed by atoms with Crippen LogP contribution >= 0.6 is 22.9 Å². The summed E-state index contributed by atoms with van der Waals surface area (Å²) in [7, 11) is 0. The van der Waals surface area contributed by atoms with E-state index in [-0.39, 0.29) is 0 Å². The maximum absolute atomic E-state index is 5.69. The van der Waals surface area contributed by atoms with Crippen LogP contribution in [0.5, 0.6) is 0 Å². The Balaban J connectivity index is 2.61. The van der Waals surface area contributed by atoms with Crippen molar-refractivity contribution in [3.05, 3.63) is 28.3 Å². The molecule has 0 atom stereocenters. The summed E-state index contributed by atoms with van der Waals surface area (Å²) in [5.74, 6) is 0. The average Bonchev–Trinajstić information content (AvgIpc) is 2.17. The molecule has 0 amide bonds. The molecule has 1 heterocycles. The number of rotatable bonds is 2. The molecule has 1 aromatic heterocycles. The third kappa shape index (κ3) is 1.99. The lowest BCUT2D eigenvalue weighted by atomic mass is 10.3. The van der Waals surface area contributed by atoms with Gasteiger partial charge in [-0.25, -0.2) is 0 Å². The molecule has 0 bridgehead atoms. The van der Waals surface area contributed by atoms with Crippen LogP contribution in [0.15, 0.2) is 12.1 Å². The molecule has 49 valence electrons. The third-order valence-corrected chi connectivity index (χ3v) is 2.34. The zero-order chi connectivity index (χ0) is 6.69. The summed E-state index contributed by atoms with van der Waals surface area (Å²) in [5.41, 5.74) is 0. The van der Waals surface area contributed by atoms with Gasteiger partial charge in [-0.15, -0.1) is 11.3 Å². The minimum atomic E-state index is 0.874. The lowest BCUT2D eigenvalue weighted by Gasteiger charge is -1.86. The van der Waals surface area contributed by atoms with Gasteiger partial charge in [0.1, 0.15) is 0 Å². The first kappa shape index (κ1) is 7.10. The van der Waals surface area contributed by atoms with Gasteiger partial charge in [-0.2, -0.15) is 0 Å². The molecule has 0 aliphatic carbocycles. The van der Waals surface area contributed by atoms with E-state index in [1.165, 1.54) is 4.88 Å². The van der Waals surface area contributed by atoms with Gasteiger partial charge in [-0.05, 0) is 25.0 Å². The number of hydrogen-bond acceptors (Lipinski definition) is 1. The van der Waals surface area contributed by atoms with E-state index in [0.29, 0.717) is 0 Å². The minimum absolute atomic E-state index is 0.874. The molecule has 0 unspecified atom stereocenters. The van der Waals surface area contributed by atoms with Crippen molar-refractivity contribution < 1.29 is 0 Å². The lowest BCUT2D eigenvalue weighted by molar-refractivity contribution is 1.03. The lowest BCUT2D eigenvalue weighted by Crippen LogP contribution is -1.71. The first-order chi connectivity index (χ1) is 4.33. The van der Waals surface area contributed by atoms with E-state index in [1.807, 2.05) is 6.07 Å². The molecule has 0 aliphatic rings. The van der Waals surface area contributed by atoms with Crippen LogP contribution in [0.4, 0.5) is 0 Å². The highest BCUT2D eigenvalue weighted by atomic mass is 35.5. The van der Waals surface area contributed by atoms with Crippen molar-refractivity contribution in [1.29, 1.82) is 0 Å². The van der Waals surface area contributed by atoms with Crippen molar-refractivity contribution in [1.82, 2.24) is 0 Å². The summed E-state index contributed by atoms with van der Waals surface area (Å²) in [6.07, 6.45) is 2.01. The SMILES string of the molecule is [CH2]CCc1ccc(Cl)s1. The summed E-state index contributed by atoms with van der Waals surface area (Å²) in [6, 6.07) is 3.98. The number of thiophene rings is 1. The van der Waals surface area contributed by atoms with Crippen LogP contribution in [0, 0.1) is 6.92 Å². The Morgan fingerprint density at radius 3 is 2.78 bits per heavy atom. The van der Waals surface area contributed by atoms with Crippen LogP contribution in [0.1, 0.15) is 11.3 Å². The van der Waals surface area contributed by atoms with Gasteiger partial charge in [0.2, 0.25) is 0 Å². The van der Waals surface area contributed by atoms with Gasteiger partial charge in [0, 0.05) is 4.88 Å². The molecule has 0 aliphatic heterocycles. The Labute approximate surface area is 64.5 Å². The Kier molecular flexibility index (Phi) is 2.55. The fourth-order valence-electron chi connectivity index (χ4n) is 0.660. The van der Waals surface area contributed by atoms with Gasteiger partial charge in [-0.1, -0.05) is 18.5 Å². The molecule has 1 aromatic rings. The molecule has 0 fully saturated rings. The first-order valence-corrected chi connectivity index (χ1v) is 4.06. The molecule has 0 spiro atoms. The monoisotopic (exact) mass is 159 g/mol. The molecule has 0 nitrogen and oxygen atoms in total. The minimum Gasteiger partial charge on any atom is -0.128 e. The Morgan fingerprint density at radius 2 is 2.33 bits per heavy atom. The Hall–Kier alpha value is -0.0100. The second kappa shape index (κ2) is 3.23. The van der Waals surface area contributed by atoms with Crippen molar-refractivity contribution in [2.75, 3.05) is 0 Å². The Bertz CT molecular complexity index is 181. The summed E-state index contributed by atoms with van der Waals surface area (Å²) in [5, 5.41) is 0. The van der Waals surface area contributed by atoms with Gasteiger partial charge >= 0.3 is 0 Å². The van der Waals surface area contributed by atoms with Crippen molar-refractivity contribution in [3.8, 4) is 0 Å². The molecule has 2 heteroatoms. The van der Waals surface area contributed by atoms with Crippen LogP contribution in [0.25, 0.3) is 0 Å². The fourth-order valence-corrected chi connectivity index (χ4v) is 1.79. The predicted octanol–water partition coefficient (Wildman–Crippen LogP) is 3.17. The van der Waals surface area contributed by atoms with Crippen molar-refractivity contribution in [3.63, 3.8) is 0 Å². The van der Waals surface area contributed by atoms with E-state index in [0.717, 1.165) is 17.2 Å².